The van der Waals surface area contributed by atoms with Gasteiger partial charge in [-0.05, 0) is 61.9 Å². The maximum Gasteiger partial charge on any atom is 0.155 e. The van der Waals surface area contributed by atoms with Crippen molar-refractivity contribution < 1.29 is 15.0 Å². The lowest BCUT2D eigenvalue weighted by atomic mass is 9.46. The first-order chi connectivity index (χ1) is 10.5. The van der Waals surface area contributed by atoms with Gasteiger partial charge in [-0.3, -0.25) is 4.79 Å². The Morgan fingerprint density at radius 2 is 2.09 bits per heavy atom. The van der Waals surface area contributed by atoms with Gasteiger partial charge >= 0.3 is 0 Å². The lowest BCUT2D eigenvalue weighted by Crippen LogP contribution is -2.56. The molecule has 0 radical (unpaired) electrons. The number of hydrogen-bond donors (Lipinski definition) is 2. The summed E-state index contributed by atoms with van der Waals surface area (Å²) >= 11 is 0. The maximum absolute atomic E-state index is 12.2. The van der Waals surface area contributed by atoms with E-state index in [9.17, 15) is 15.0 Å². The third-order valence-electron chi connectivity index (χ3n) is 7.11. The minimum Gasteiger partial charge on any atom is -0.393 e. The molecule has 0 amide bonds. The molecular weight excluding hydrogens is 288 g/mol. The van der Waals surface area contributed by atoms with Crippen molar-refractivity contribution in [3.63, 3.8) is 0 Å². The molecule has 2 aliphatic carbocycles. The van der Waals surface area contributed by atoms with Crippen molar-refractivity contribution in [3.8, 4) is 0 Å². The number of fused-ring (bicyclic) bond motifs is 1. The van der Waals surface area contributed by atoms with Crippen LogP contribution in [0.5, 0.6) is 0 Å². The van der Waals surface area contributed by atoms with E-state index < -0.39 is 5.60 Å². The van der Waals surface area contributed by atoms with Gasteiger partial charge in [0, 0.05) is 6.42 Å². The molecule has 0 aliphatic heterocycles. The van der Waals surface area contributed by atoms with Crippen molar-refractivity contribution in [3.05, 3.63) is 24.3 Å². The van der Waals surface area contributed by atoms with E-state index in [0.29, 0.717) is 19.3 Å². The van der Waals surface area contributed by atoms with E-state index in [1.807, 2.05) is 6.92 Å². The summed E-state index contributed by atoms with van der Waals surface area (Å²) in [5.41, 5.74) is -0.156. The van der Waals surface area contributed by atoms with Crippen LogP contribution >= 0.6 is 0 Å². The smallest absolute Gasteiger partial charge is 0.155 e. The van der Waals surface area contributed by atoms with Crippen molar-refractivity contribution >= 4 is 5.78 Å². The van der Waals surface area contributed by atoms with Gasteiger partial charge < -0.3 is 10.2 Å². The molecule has 3 nitrogen and oxygen atoms in total. The van der Waals surface area contributed by atoms with Crippen LogP contribution in [0.25, 0.3) is 0 Å². The van der Waals surface area contributed by atoms with Gasteiger partial charge in [0.1, 0.15) is 0 Å². The van der Waals surface area contributed by atoms with E-state index in [4.69, 9.17) is 0 Å². The summed E-state index contributed by atoms with van der Waals surface area (Å²) < 4.78 is 0. The summed E-state index contributed by atoms with van der Waals surface area (Å²) in [6, 6.07) is 0. The van der Waals surface area contributed by atoms with Crippen molar-refractivity contribution in [2.24, 2.45) is 22.7 Å². The second kappa shape index (κ2) is 5.86. The van der Waals surface area contributed by atoms with Crippen LogP contribution in [0.3, 0.4) is 0 Å². The second-order valence-corrected chi connectivity index (χ2v) is 8.60. The highest BCUT2D eigenvalue weighted by atomic mass is 16.3. The normalized spacial score (nSPS) is 43.3. The summed E-state index contributed by atoms with van der Waals surface area (Å²) in [6.45, 7) is 14.0. The monoisotopic (exact) mass is 320 g/mol. The third-order valence-corrected chi connectivity index (χ3v) is 7.11. The Morgan fingerprint density at radius 3 is 2.65 bits per heavy atom. The number of hydrogen-bond acceptors (Lipinski definition) is 3. The van der Waals surface area contributed by atoms with Crippen LogP contribution in [-0.2, 0) is 4.79 Å². The first-order valence-corrected chi connectivity index (χ1v) is 8.72. The molecule has 1 fully saturated rings. The van der Waals surface area contributed by atoms with Gasteiger partial charge in [-0.25, -0.2) is 0 Å². The number of aliphatic hydroxyl groups excluding tert-OH is 1. The van der Waals surface area contributed by atoms with E-state index in [2.05, 4.69) is 27.4 Å². The van der Waals surface area contributed by atoms with Crippen LogP contribution in [0.15, 0.2) is 24.3 Å². The van der Waals surface area contributed by atoms with Gasteiger partial charge in [0.25, 0.3) is 0 Å². The quantitative estimate of drug-likeness (QED) is 0.777. The number of rotatable bonds is 4. The topological polar surface area (TPSA) is 57.5 Å². The zero-order valence-electron chi connectivity index (χ0n) is 15.2. The number of ketones is 1. The lowest BCUT2D eigenvalue weighted by molar-refractivity contribution is -0.138. The van der Waals surface area contributed by atoms with Crippen molar-refractivity contribution in [1.82, 2.24) is 0 Å². The SMILES string of the molecule is C=CC(C)(O)CC[C@]1(C)[C@H]2CC(=O)C=C(C)[C@]2(C)C[C@@H](O)[C@@H]1C. The molecule has 6 atom stereocenters. The van der Waals surface area contributed by atoms with Crippen molar-refractivity contribution in [2.75, 3.05) is 0 Å². The van der Waals surface area contributed by atoms with E-state index in [-0.39, 0.29) is 34.6 Å². The van der Waals surface area contributed by atoms with Crippen LogP contribution in [0.1, 0.15) is 60.3 Å². The summed E-state index contributed by atoms with van der Waals surface area (Å²) in [5, 5.41) is 21.0. The van der Waals surface area contributed by atoms with Crippen LogP contribution in [0, 0.1) is 22.7 Å². The van der Waals surface area contributed by atoms with Gasteiger partial charge in [-0.2, -0.15) is 0 Å². The molecule has 2 aliphatic rings. The van der Waals surface area contributed by atoms with E-state index >= 15 is 0 Å². The van der Waals surface area contributed by atoms with Crippen LogP contribution < -0.4 is 0 Å². The summed E-state index contributed by atoms with van der Waals surface area (Å²) in [5.74, 6) is 0.488. The number of aliphatic hydroxyl groups is 2. The highest BCUT2D eigenvalue weighted by Crippen LogP contribution is 2.61. The zero-order chi connectivity index (χ0) is 17.6. The molecule has 0 heterocycles. The minimum absolute atomic E-state index is 0.0971. The molecule has 2 rings (SSSR count). The highest BCUT2D eigenvalue weighted by molar-refractivity contribution is 5.92. The largest absolute Gasteiger partial charge is 0.393 e. The average Bonchev–Trinajstić information content (AvgIpc) is 2.47. The zero-order valence-corrected chi connectivity index (χ0v) is 15.2. The summed E-state index contributed by atoms with van der Waals surface area (Å²) in [4.78, 5) is 12.2. The number of allylic oxidation sites excluding steroid dienone is 2. The van der Waals surface area contributed by atoms with E-state index in [1.54, 1.807) is 19.1 Å². The minimum atomic E-state index is -0.912. The Bertz CT molecular complexity index is 533. The van der Waals surface area contributed by atoms with E-state index in [1.165, 1.54) is 0 Å². The summed E-state index contributed by atoms with van der Waals surface area (Å²) in [6.07, 6.45) is 5.57. The second-order valence-electron chi connectivity index (χ2n) is 8.60. The molecule has 0 saturated heterocycles. The Kier molecular flexibility index (Phi) is 4.69. The van der Waals surface area contributed by atoms with Gasteiger partial charge in [-0.15, -0.1) is 6.58 Å². The van der Waals surface area contributed by atoms with E-state index in [0.717, 1.165) is 12.0 Å². The van der Waals surface area contributed by atoms with Crippen LogP contribution in [0.4, 0.5) is 0 Å². The molecule has 23 heavy (non-hydrogen) atoms. The Labute approximate surface area is 140 Å². The predicted molar refractivity (Wildman–Crippen MR) is 92.9 cm³/mol. The molecule has 0 bridgehead atoms. The molecular formula is C20H32O3. The number of carbonyl (C=O) groups is 1. The van der Waals surface area contributed by atoms with Gasteiger partial charge in [0.05, 0.1) is 11.7 Å². The molecule has 1 unspecified atom stereocenters. The molecule has 0 aromatic rings. The Balaban J connectivity index is 2.40. The van der Waals surface area contributed by atoms with Gasteiger partial charge in [-0.1, -0.05) is 32.4 Å². The lowest BCUT2D eigenvalue weighted by Gasteiger charge is -2.59. The first kappa shape index (κ1) is 18.4. The van der Waals surface area contributed by atoms with Gasteiger partial charge in [0.2, 0.25) is 0 Å². The molecule has 0 aromatic heterocycles. The van der Waals surface area contributed by atoms with Crippen LogP contribution in [-0.4, -0.2) is 27.7 Å². The fraction of sp³-hybridized carbons (Fsp3) is 0.750. The Hall–Kier alpha value is -0.930. The molecule has 1 saturated carbocycles. The van der Waals surface area contributed by atoms with Crippen molar-refractivity contribution in [1.29, 1.82) is 0 Å². The molecule has 3 heteroatoms. The van der Waals surface area contributed by atoms with Gasteiger partial charge in [0.15, 0.2) is 5.78 Å². The molecule has 0 aromatic carbocycles. The third kappa shape index (κ3) is 3.06. The fourth-order valence-electron chi connectivity index (χ4n) is 4.83. The first-order valence-electron chi connectivity index (χ1n) is 8.72. The average molecular weight is 320 g/mol. The number of carbonyl (C=O) groups excluding carboxylic acids is 1. The maximum atomic E-state index is 12.2. The molecule has 0 spiro atoms. The van der Waals surface area contributed by atoms with Crippen LogP contribution in [0.2, 0.25) is 0 Å². The summed E-state index contributed by atoms with van der Waals surface area (Å²) in [7, 11) is 0. The predicted octanol–water partition coefficient (Wildman–Crippen LogP) is 3.65. The standard InChI is InChI=1S/C20H32O3/c1-7-18(4,23)8-9-19(5)14(3)16(22)12-20(6)13(2)10-15(21)11-17(19)20/h7,10,14,16-17,22-23H,1,8-9,11-12H2,2-6H3/t14-,16+,17+,18?,19-,20-/m0/s1. The van der Waals surface area contributed by atoms with Crippen molar-refractivity contribution in [2.45, 2.75) is 72.0 Å². The fourth-order valence-corrected chi connectivity index (χ4v) is 4.83. The highest BCUT2D eigenvalue weighted by Gasteiger charge is 2.57. The molecule has 130 valence electrons. The Morgan fingerprint density at radius 1 is 1.48 bits per heavy atom. The molecule has 2 N–H and O–H groups in total.